The standard InChI is InChI=1S/C21H27N7O2/c1-13-7-9-15(10-8-13)23-18(29)11-12-19(30)25-26-21-24-17-6-4-3-5-16(17)20-22-14(2)27-28(20)21/h3-6,13,15H,7-12H2,1-2H3,(H,23,29)(H,24,26)(H,25,30). The number of para-hydroxylation sites is 1. The molecule has 2 aromatic heterocycles. The summed E-state index contributed by atoms with van der Waals surface area (Å²) in [5.41, 5.74) is 6.84. The van der Waals surface area contributed by atoms with Crippen LogP contribution in [0.5, 0.6) is 0 Å². The number of nitrogens with zero attached hydrogens (tertiary/aromatic N) is 4. The normalized spacial score (nSPS) is 19.0. The number of carbonyl (C=O) groups is 2. The van der Waals surface area contributed by atoms with Crippen LogP contribution in [0.25, 0.3) is 16.6 Å². The Morgan fingerprint density at radius 3 is 2.60 bits per heavy atom. The molecule has 0 unspecified atom stereocenters. The molecule has 1 fully saturated rings. The predicted octanol–water partition coefficient (Wildman–Crippen LogP) is 2.50. The number of nitrogens with one attached hydrogen (secondary N) is 3. The van der Waals surface area contributed by atoms with Gasteiger partial charge >= 0.3 is 0 Å². The van der Waals surface area contributed by atoms with E-state index in [2.05, 4.69) is 38.2 Å². The Morgan fingerprint density at radius 1 is 1.07 bits per heavy atom. The lowest BCUT2D eigenvalue weighted by molar-refractivity contribution is -0.126. The first kappa shape index (κ1) is 20.1. The van der Waals surface area contributed by atoms with Crippen LogP contribution in [0.2, 0.25) is 0 Å². The van der Waals surface area contributed by atoms with E-state index in [0.29, 0.717) is 17.4 Å². The summed E-state index contributed by atoms with van der Waals surface area (Å²) in [6.45, 7) is 4.05. The molecule has 0 radical (unpaired) electrons. The molecule has 2 amide bonds. The number of carbonyl (C=O) groups excluding carboxylic acids is 2. The second-order valence-corrected chi connectivity index (χ2v) is 8.04. The molecule has 0 saturated heterocycles. The minimum absolute atomic E-state index is 0.0807. The molecular weight excluding hydrogens is 382 g/mol. The Labute approximate surface area is 174 Å². The molecule has 2 heterocycles. The lowest BCUT2D eigenvalue weighted by Crippen LogP contribution is -2.38. The number of fused-ring (bicyclic) bond motifs is 3. The Bertz CT molecular complexity index is 1070. The van der Waals surface area contributed by atoms with E-state index in [0.717, 1.165) is 42.5 Å². The second kappa shape index (κ2) is 8.64. The van der Waals surface area contributed by atoms with Gasteiger partial charge in [0.15, 0.2) is 5.65 Å². The lowest BCUT2D eigenvalue weighted by Gasteiger charge is -2.26. The van der Waals surface area contributed by atoms with Gasteiger partial charge in [-0.05, 0) is 50.7 Å². The van der Waals surface area contributed by atoms with Gasteiger partial charge in [0.2, 0.25) is 17.8 Å². The number of benzene rings is 1. The van der Waals surface area contributed by atoms with Gasteiger partial charge in [-0.3, -0.25) is 20.4 Å². The molecule has 158 valence electrons. The highest BCUT2D eigenvalue weighted by Crippen LogP contribution is 2.23. The highest BCUT2D eigenvalue weighted by molar-refractivity contribution is 5.92. The van der Waals surface area contributed by atoms with Crippen molar-refractivity contribution >= 4 is 34.3 Å². The third kappa shape index (κ3) is 4.50. The number of aryl methyl sites for hydroxylation is 1. The van der Waals surface area contributed by atoms with Crippen molar-refractivity contribution in [3.8, 4) is 0 Å². The molecule has 1 aliphatic rings. The van der Waals surface area contributed by atoms with Crippen molar-refractivity contribution in [3.63, 3.8) is 0 Å². The molecule has 9 heteroatoms. The Kier molecular flexibility index (Phi) is 5.78. The number of hydrogen-bond acceptors (Lipinski definition) is 6. The topological polar surface area (TPSA) is 113 Å². The zero-order valence-corrected chi connectivity index (χ0v) is 17.3. The molecule has 1 aliphatic carbocycles. The van der Waals surface area contributed by atoms with E-state index in [4.69, 9.17) is 0 Å². The first-order valence-electron chi connectivity index (χ1n) is 10.5. The maximum Gasteiger partial charge on any atom is 0.245 e. The summed E-state index contributed by atoms with van der Waals surface area (Å²) in [5, 5.41) is 8.27. The number of hydrazine groups is 1. The Balaban J connectivity index is 1.33. The number of aromatic nitrogens is 4. The van der Waals surface area contributed by atoms with E-state index >= 15 is 0 Å². The Morgan fingerprint density at radius 2 is 1.80 bits per heavy atom. The fourth-order valence-corrected chi connectivity index (χ4v) is 3.86. The first-order valence-corrected chi connectivity index (χ1v) is 10.5. The minimum Gasteiger partial charge on any atom is -0.353 e. The molecule has 3 N–H and O–H groups in total. The highest BCUT2D eigenvalue weighted by Gasteiger charge is 2.20. The van der Waals surface area contributed by atoms with E-state index in [1.165, 1.54) is 0 Å². The second-order valence-electron chi connectivity index (χ2n) is 8.04. The molecule has 9 nitrogen and oxygen atoms in total. The van der Waals surface area contributed by atoms with E-state index in [-0.39, 0.29) is 30.7 Å². The van der Waals surface area contributed by atoms with E-state index in [1.807, 2.05) is 24.3 Å². The van der Waals surface area contributed by atoms with Crippen LogP contribution in [0.4, 0.5) is 5.95 Å². The number of anilines is 1. The van der Waals surface area contributed by atoms with Crippen LogP contribution >= 0.6 is 0 Å². The van der Waals surface area contributed by atoms with Crippen molar-refractivity contribution in [2.75, 3.05) is 5.43 Å². The van der Waals surface area contributed by atoms with Crippen molar-refractivity contribution in [2.45, 2.75) is 58.4 Å². The number of amides is 2. The molecule has 30 heavy (non-hydrogen) atoms. The van der Waals surface area contributed by atoms with Gasteiger partial charge in [-0.1, -0.05) is 19.1 Å². The summed E-state index contributed by atoms with van der Waals surface area (Å²) in [4.78, 5) is 33.4. The van der Waals surface area contributed by atoms with Gasteiger partial charge in [-0.2, -0.15) is 4.52 Å². The fourth-order valence-electron chi connectivity index (χ4n) is 3.86. The smallest absolute Gasteiger partial charge is 0.245 e. The van der Waals surface area contributed by atoms with Gasteiger partial charge in [0.05, 0.1) is 5.52 Å². The third-order valence-electron chi connectivity index (χ3n) is 5.56. The number of hydrogen-bond donors (Lipinski definition) is 3. The monoisotopic (exact) mass is 409 g/mol. The van der Waals surface area contributed by atoms with Crippen molar-refractivity contribution < 1.29 is 9.59 Å². The van der Waals surface area contributed by atoms with Crippen molar-refractivity contribution in [1.82, 2.24) is 30.3 Å². The average Bonchev–Trinajstić information content (AvgIpc) is 3.14. The zero-order valence-electron chi connectivity index (χ0n) is 17.3. The van der Waals surface area contributed by atoms with Crippen LogP contribution < -0.4 is 16.2 Å². The molecule has 3 aromatic rings. The van der Waals surface area contributed by atoms with Crippen LogP contribution in [-0.2, 0) is 9.59 Å². The van der Waals surface area contributed by atoms with Crippen molar-refractivity contribution in [1.29, 1.82) is 0 Å². The fraction of sp³-hybridized carbons (Fsp3) is 0.476. The molecule has 0 aliphatic heterocycles. The summed E-state index contributed by atoms with van der Waals surface area (Å²) < 4.78 is 1.56. The highest BCUT2D eigenvalue weighted by atomic mass is 16.2. The summed E-state index contributed by atoms with van der Waals surface area (Å²) in [6, 6.07) is 7.85. The summed E-state index contributed by atoms with van der Waals surface area (Å²) in [6.07, 6.45) is 4.57. The van der Waals surface area contributed by atoms with Gasteiger partial charge < -0.3 is 5.32 Å². The van der Waals surface area contributed by atoms with Gasteiger partial charge in [0.25, 0.3) is 0 Å². The van der Waals surface area contributed by atoms with E-state index < -0.39 is 0 Å². The molecule has 0 spiro atoms. The van der Waals surface area contributed by atoms with Crippen LogP contribution in [0.1, 0.15) is 51.3 Å². The summed E-state index contributed by atoms with van der Waals surface area (Å²) >= 11 is 0. The summed E-state index contributed by atoms with van der Waals surface area (Å²) in [5.74, 6) is 1.33. The number of rotatable bonds is 6. The molecule has 1 saturated carbocycles. The maximum atomic E-state index is 12.2. The van der Waals surface area contributed by atoms with Gasteiger partial charge in [-0.25, -0.2) is 9.97 Å². The van der Waals surface area contributed by atoms with Crippen LogP contribution in [0.15, 0.2) is 24.3 Å². The average molecular weight is 409 g/mol. The molecule has 4 rings (SSSR count). The zero-order chi connectivity index (χ0) is 21.1. The molecular formula is C21H27N7O2. The van der Waals surface area contributed by atoms with E-state index in [9.17, 15) is 9.59 Å². The van der Waals surface area contributed by atoms with E-state index in [1.54, 1.807) is 11.4 Å². The summed E-state index contributed by atoms with van der Waals surface area (Å²) in [7, 11) is 0. The van der Waals surface area contributed by atoms with Gasteiger partial charge in [-0.15, -0.1) is 5.10 Å². The van der Waals surface area contributed by atoms with Crippen LogP contribution in [0, 0.1) is 12.8 Å². The van der Waals surface area contributed by atoms with Crippen LogP contribution in [0.3, 0.4) is 0 Å². The lowest BCUT2D eigenvalue weighted by atomic mass is 9.87. The predicted molar refractivity (Wildman–Crippen MR) is 114 cm³/mol. The maximum absolute atomic E-state index is 12.2. The van der Waals surface area contributed by atoms with Crippen molar-refractivity contribution in [3.05, 3.63) is 30.1 Å². The first-order chi connectivity index (χ1) is 14.5. The van der Waals surface area contributed by atoms with Gasteiger partial charge in [0, 0.05) is 24.3 Å². The Hall–Kier alpha value is -3.23. The molecule has 0 bridgehead atoms. The molecule has 0 atom stereocenters. The SMILES string of the molecule is Cc1nc2c3ccccc3nc(NNC(=O)CCC(=O)NC3CCC(C)CC3)n2n1. The third-order valence-corrected chi connectivity index (χ3v) is 5.56. The quantitative estimate of drug-likeness (QED) is 0.539. The van der Waals surface area contributed by atoms with Crippen molar-refractivity contribution in [2.24, 2.45) is 5.92 Å². The minimum atomic E-state index is -0.289. The van der Waals surface area contributed by atoms with Gasteiger partial charge in [0.1, 0.15) is 5.82 Å². The largest absolute Gasteiger partial charge is 0.353 e. The molecule has 1 aromatic carbocycles. The van der Waals surface area contributed by atoms with Crippen LogP contribution in [-0.4, -0.2) is 37.4 Å².